The van der Waals surface area contributed by atoms with E-state index in [-0.39, 0.29) is 24.5 Å². The average molecular weight is 541 g/mol. The second kappa shape index (κ2) is 11.9. The van der Waals surface area contributed by atoms with Crippen LogP contribution in [0.5, 0.6) is 5.75 Å². The third kappa shape index (κ3) is 7.10. The number of ether oxygens (including phenoxy) is 3. The van der Waals surface area contributed by atoms with E-state index in [0.29, 0.717) is 24.7 Å². The van der Waals surface area contributed by atoms with Crippen LogP contribution in [0, 0.1) is 5.92 Å². The van der Waals surface area contributed by atoms with E-state index in [9.17, 15) is 9.00 Å². The fourth-order valence-electron chi connectivity index (χ4n) is 4.57. The number of amides is 1. The summed E-state index contributed by atoms with van der Waals surface area (Å²) in [6.45, 7) is 17.1. The third-order valence-electron chi connectivity index (χ3n) is 6.65. The number of hydrogen-bond donors (Lipinski definition) is 1. The molecule has 1 aromatic carbocycles. The number of rotatable bonds is 9. The van der Waals surface area contributed by atoms with E-state index in [1.54, 1.807) is 6.08 Å². The normalized spacial score (nSPS) is 22.3. The Morgan fingerprint density at radius 3 is 2.56 bits per heavy atom. The molecule has 9 heteroatoms. The van der Waals surface area contributed by atoms with Crippen LogP contribution in [-0.2, 0) is 31.7 Å². The van der Waals surface area contributed by atoms with E-state index in [1.165, 1.54) is 0 Å². The molecule has 1 aromatic rings. The van der Waals surface area contributed by atoms with Crippen LogP contribution in [0.15, 0.2) is 24.8 Å². The molecule has 3 rings (SSSR count). The van der Waals surface area contributed by atoms with E-state index >= 15 is 0 Å². The summed E-state index contributed by atoms with van der Waals surface area (Å²) in [5.41, 5.74) is 1.88. The molecule has 2 fully saturated rings. The number of aryl methyl sites for hydroxylation is 1. The van der Waals surface area contributed by atoms with Crippen molar-refractivity contribution in [1.82, 2.24) is 9.62 Å². The number of likely N-dealkylation sites (tertiary alicyclic amines) is 1. The highest BCUT2D eigenvalue weighted by Crippen LogP contribution is 2.40. The molecule has 1 amide bonds. The lowest BCUT2D eigenvalue weighted by molar-refractivity contribution is -0.161. The van der Waals surface area contributed by atoms with Gasteiger partial charge in [0.25, 0.3) is 5.91 Å². The van der Waals surface area contributed by atoms with Gasteiger partial charge in [-0.2, -0.15) is 0 Å². The minimum atomic E-state index is -1.31. The topological polar surface area (TPSA) is 77.1 Å². The van der Waals surface area contributed by atoms with Gasteiger partial charge < -0.3 is 19.1 Å². The first kappa shape index (κ1) is 29.1. The molecule has 2 aliphatic heterocycles. The maximum atomic E-state index is 13.2. The smallest absolute Gasteiger partial charge is 0.254 e. The highest BCUT2D eigenvalue weighted by atomic mass is 35.5. The van der Waals surface area contributed by atoms with E-state index in [2.05, 4.69) is 18.2 Å². The van der Waals surface area contributed by atoms with Gasteiger partial charge in [0.15, 0.2) is 11.9 Å². The molecular weight excluding hydrogens is 500 g/mol. The Labute approximate surface area is 223 Å². The average Bonchev–Trinajstić information content (AvgIpc) is 3.20. The SMILES string of the molecule is C=CCOc1cc(CC)c(Cl)cc1[C@H](N[S@@](=O)C(C)(C)C)C1CCN(C(=O)[C@H]2COC(C)(C)O2)CC1. The number of hydrogen-bond acceptors (Lipinski definition) is 5. The molecule has 0 spiro atoms. The highest BCUT2D eigenvalue weighted by molar-refractivity contribution is 7.84. The zero-order valence-electron chi connectivity index (χ0n) is 22.4. The summed E-state index contributed by atoms with van der Waals surface area (Å²) in [6, 6.07) is 3.67. The quantitative estimate of drug-likeness (QED) is 0.448. The molecule has 202 valence electrons. The number of halogens is 1. The maximum Gasteiger partial charge on any atom is 0.254 e. The Bertz CT molecular complexity index is 970. The van der Waals surface area contributed by atoms with Crippen molar-refractivity contribution in [3.05, 3.63) is 40.9 Å². The standard InChI is InChI=1S/C27H41ClN2O5S/c1-8-14-33-22-15-18(9-2)21(28)16-20(22)24(29-36(32)26(3,4)5)19-10-12-30(13-11-19)25(31)23-17-34-27(6,7)35-23/h8,15-16,19,23-24,29H,1,9-14,17H2,2-7H3/t23-,24-,36+/m1/s1. The van der Waals surface area contributed by atoms with Crippen LogP contribution in [0.25, 0.3) is 0 Å². The van der Waals surface area contributed by atoms with Gasteiger partial charge in [0.1, 0.15) is 12.4 Å². The summed E-state index contributed by atoms with van der Waals surface area (Å²) in [5.74, 6) is 0.0762. The van der Waals surface area contributed by atoms with Crippen LogP contribution >= 0.6 is 11.6 Å². The van der Waals surface area contributed by atoms with Gasteiger partial charge in [0.05, 0.1) is 28.4 Å². The first-order valence-corrected chi connectivity index (χ1v) is 14.2. The van der Waals surface area contributed by atoms with Gasteiger partial charge in [-0.05, 0) is 77.5 Å². The molecule has 2 heterocycles. The van der Waals surface area contributed by atoms with Crippen molar-refractivity contribution < 1.29 is 23.2 Å². The second-order valence-corrected chi connectivity index (χ2v) is 13.3. The number of carbonyl (C=O) groups is 1. The van der Waals surface area contributed by atoms with Crippen molar-refractivity contribution in [3.8, 4) is 5.75 Å². The Morgan fingerprint density at radius 2 is 2.03 bits per heavy atom. The van der Waals surface area contributed by atoms with Crippen molar-refractivity contribution in [2.24, 2.45) is 5.92 Å². The fraction of sp³-hybridized carbons (Fsp3) is 0.667. The first-order valence-electron chi connectivity index (χ1n) is 12.7. The lowest BCUT2D eigenvalue weighted by Crippen LogP contribution is -2.47. The predicted molar refractivity (Wildman–Crippen MR) is 145 cm³/mol. The van der Waals surface area contributed by atoms with Gasteiger partial charge in [-0.1, -0.05) is 31.2 Å². The summed E-state index contributed by atoms with van der Waals surface area (Å²) in [7, 11) is -1.31. The van der Waals surface area contributed by atoms with Gasteiger partial charge >= 0.3 is 0 Å². The molecule has 0 radical (unpaired) electrons. The molecule has 2 aliphatic rings. The van der Waals surface area contributed by atoms with Crippen molar-refractivity contribution in [3.63, 3.8) is 0 Å². The monoisotopic (exact) mass is 540 g/mol. The number of nitrogens with zero attached hydrogens (tertiary/aromatic N) is 1. The number of nitrogens with one attached hydrogen (secondary N) is 1. The van der Waals surface area contributed by atoms with Crippen LogP contribution in [0.3, 0.4) is 0 Å². The zero-order valence-corrected chi connectivity index (χ0v) is 24.0. The second-order valence-electron chi connectivity index (χ2n) is 10.9. The number of piperidine rings is 1. The lowest BCUT2D eigenvalue weighted by atomic mass is 9.85. The van der Waals surface area contributed by atoms with Gasteiger partial charge in [-0.25, -0.2) is 8.93 Å². The van der Waals surface area contributed by atoms with Crippen molar-refractivity contribution >= 4 is 28.5 Å². The van der Waals surface area contributed by atoms with Crippen LogP contribution in [-0.4, -0.2) is 58.0 Å². The minimum Gasteiger partial charge on any atom is -0.489 e. The van der Waals surface area contributed by atoms with Gasteiger partial charge in [-0.3, -0.25) is 4.79 Å². The molecule has 0 aliphatic carbocycles. The zero-order chi connectivity index (χ0) is 26.7. The van der Waals surface area contributed by atoms with Crippen molar-refractivity contribution in [2.45, 2.75) is 83.5 Å². The van der Waals surface area contributed by atoms with E-state index in [0.717, 1.165) is 36.1 Å². The largest absolute Gasteiger partial charge is 0.489 e. The third-order valence-corrected chi connectivity index (χ3v) is 8.58. The van der Waals surface area contributed by atoms with Crippen LogP contribution < -0.4 is 9.46 Å². The highest BCUT2D eigenvalue weighted by Gasteiger charge is 2.41. The van der Waals surface area contributed by atoms with E-state index in [4.69, 9.17) is 25.8 Å². The molecule has 0 saturated carbocycles. The summed E-state index contributed by atoms with van der Waals surface area (Å²) < 4.78 is 33.6. The molecule has 1 N–H and O–H groups in total. The van der Waals surface area contributed by atoms with E-state index in [1.807, 2.05) is 51.7 Å². The maximum absolute atomic E-state index is 13.2. The minimum absolute atomic E-state index is 0.0350. The van der Waals surface area contributed by atoms with Crippen LogP contribution in [0.2, 0.25) is 5.02 Å². The molecule has 0 bridgehead atoms. The molecule has 36 heavy (non-hydrogen) atoms. The molecule has 0 unspecified atom stereocenters. The fourth-order valence-corrected chi connectivity index (χ4v) is 5.78. The van der Waals surface area contributed by atoms with Crippen LogP contribution in [0.4, 0.5) is 0 Å². The Kier molecular flexibility index (Phi) is 9.66. The summed E-state index contributed by atoms with van der Waals surface area (Å²) in [4.78, 5) is 14.9. The van der Waals surface area contributed by atoms with Gasteiger partial charge in [0, 0.05) is 23.7 Å². The Morgan fingerprint density at radius 1 is 1.36 bits per heavy atom. The molecule has 7 nitrogen and oxygen atoms in total. The van der Waals surface area contributed by atoms with E-state index < -0.39 is 27.6 Å². The lowest BCUT2D eigenvalue weighted by Gasteiger charge is -2.38. The number of carbonyl (C=O) groups excluding carboxylic acids is 1. The van der Waals surface area contributed by atoms with Gasteiger partial charge in [-0.15, -0.1) is 0 Å². The first-order chi connectivity index (χ1) is 16.9. The van der Waals surface area contributed by atoms with Crippen LogP contribution in [0.1, 0.15) is 71.6 Å². The van der Waals surface area contributed by atoms with Crippen molar-refractivity contribution in [1.29, 1.82) is 0 Å². The summed E-state index contributed by atoms with van der Waals surface area (Å²) in [6.07, 6.45) is 3.41. The molecule has 0 aromatic heterocycles. The molecular formula is C27H41ClN2O5S. The number of benzene rings is 1. The van der Waals surface area contributed by atoms with Gasteiger partial charge in [0.2, 0.25) is 0 Å². The summed E-state index contributed by atoms with van der Waals surface area (Å²) in [5, 5.41) is 0.667. The summed E-state index contributed by atoms with van der Waals surface area (Å²) >= 11 is 6.65. The predicted octanol–water partition coefficient (Wildman–Crippen LogP) is 4.95. The Hall–Kier alpha value is -1.45. The van der Waals surface area contributed by atoms with Crippen molar-refractivity contribution in [2.75, 3.05) is 26.3 Å². The molecule has 2 saturated heterocycles. The Balaban J connectivity index is 1.85. The molecule has 3 atom stereocenters.